The van der Waals surface area contributed by atoms with Gasteiger partial charge in [0.05, 0.1) is 18.7 Å². The Morgan fingerprint density at radius 3 is 2.67 bits per heavy atom. The van der Waals surface area contributed by atoms with Crippen LogP contribution in [0.15, 0.2) is 18.2 Å². The van der Waals surface area contributed by atoms with E-state index in [1.807, 2.05) is 6.07 Å². The number of methoxy groups -OCH3 is 1. The van der Waals surface area contributed by atoms with Gasteiger partial charge in [-0.1, -0.05) is 0 Å². The molecule has 0 radical (unpaired) electrons. The lowest BCUT2D eigenvalue weighted by molar-refractivity contribution is 0.302. The molecule has 0 bridgehead atoms. The van der Waals surface area contributed by atoms with Crippen molar-refractivity contribution in [3.05, 3.63) is 23.8 Å². The Labute approximate surface area is 95.0 Å². The van der Waals surface area contributed by atoms with E-state index < -0.39 is 0 Å². The minimum atomic E-state index is 0. The second-order valence-electron chi connectivity index (χ2n) is 2.61. The number of ether oxygens (including phenoxy) is 2. The van der Waals surface area contributed by atoms with Crippen molar-refractivity contribution < 1.29 is 9.47 Å². The quantitative estimate of drug-likeness (QED) is 0.844. The van der Waals surface area contributed by atoms with Gasteiger partial charge in [-0.3, -0.25) is 0 Å². The molecule has 4 nitrogen and oxygen atoms in total. The molecule has 0 aromatic heterocycles. The van der Waals surface area contributed by atoms with E-state index in [1.165, 1.54) is 0 Å². The van der Waals surface area contributed by atoms with Crippen molar-refractivity contribution in [3.8, 4) is 17.6 Å². The first kappa shape index (κ1) is 13.6. The summed E-state index contributed by atoms with van der Waals surface area (Å²) >= 11 is 0. The maximum atomic E-state index is 8.68. The number of halogens is 1. The van der Waals surface area contributed by atoms with Gasteiger partial charge in [-0.2, -0.15) is 5.26 Å². The molecule has 0 amide bonds. The molecule has 0 fully saturated rings. The van der Waals surface area contributed by atoms with Crippen LogP contribution in [0.5, 0.6) is 11.5 Å². The van der Waals surface area contributed by atoms with E-state index in [4.69, 9.17) is 20.5 Å². The molecule has 5 heteroatoms. The maximum absolute atomic E-state index is 8.68. The summed E-state index contributed by atoms with van der Waals surface area (Å²) in [5.41, 5.74) is 5.85. The van der Waals surface area contributed by atoms with Crippen molar-refractivity contribution in [2.24, 2.45) is 5.73 Å². The highest BCUT2D eigenvalue weighted by Gasteiger charge is 2.04. The van der Waals surface area contributed by atoms with Crippen LogP contribution in [0, 0.1) is 11.3 Å². The standard InChI is InChI=1S/C10H12N2O2.ClH/c1-13-9-3-2-8(7-12)6-10(9)14-5-4-11;/h2-3,6H,4-5,11H2,1H3;1H. The van der Waals surface area contributed by atoms with Gasteiger partial charge in [0, 0.05) is 12.6 Å². The first-order valence-corrected chi connectivity index (χ1v) is 4.23. The summed E-state index contributed by atoms with van der Waals surface area (Å²) < 4.78 is 10.4. The molecular weight excluding hydrogens is 216 g/mol. The van der Waals surface area contributed by atoms with Crippen molar-refractivity contribution in [1.29, 1.82) is 5.26 Å². The molecule has 1 aromatic carbocycles. The lowest BCUT2D eigenvalue weighted by Crippen LogP contribution is -2.11. The van der Waals surface area contributed by atoms with Crippen LogP contribution < -0.4 is 15.2 Å². The summed E-state index contributed by atoms with van der Waals surface area (Å²) in [6, 6.07) is 7.04. The molecule has 0 saturated heterocycles. The van der Waals surface area contributed by atoms with Gasteiger partial charge >= 0.3 is 0 Å². The fourth-order valence-electron chi connectivity index (χ4n) is 1.03. The number of benzene rings is 1. The molecule has 1 rings (SSSR count). The van der Waals surface area contributed by atoms with E-state index in [0.29, 0.717) is 30.2 Å². The molecule has 0 atom stereocenters. The highest BCUT2D eigenvalue weighted by Crippen LogP contribution is 2.27. The molecule has 0 aliphatic rings. The van der Waals surface area contributed by atoms with Crippen molar-refractivity contribution >= 4 is 12.4 Å². The highest BCUT2D eigenvalue weighted by molar-refractivity contribution is 5.85. The van der Waals surface area contributed by atoms with Crippen molar-refractivity contribution in [2.75, 3.05) is 20.3 Å². The van der Waals surface area contributed by atoms with Crippen molar-refractivity contribution in [3.63, 3.8) is 0 Å². The van der Waals surface area contributed by atoms with E-state index in [0.717, 1.165) is 0 Å². The molecule has 15 heavy (non-hydrogen) atoms. The first-order chi connectivity index (χ1) is 6.81. The predicted molar refractivity (Wildman–Crippen MR) is 59.5 cm³/mol. The van der Waals surface area contributed by atoms with E-state index in [1.54, 1.807) is 25.3 Å². The summed E-state index contributed by atoms with van der Waals surface area (Å²) in [6.45, 7) is 0.838. The second kappa shape index (κ2) is 6.93. The average Bonchev–Trinajstić information content (AvgIpc) is 2.25. The number of rotatable bonds is 4. The first-order valence-electron chi connectivity index (χ1n) is 4.23. The fourth-order valence-corrected chi connectivity index (χ4v) is 1.03. The predicted octanol–water partition coefficient (Wildman–Crippen LogP) is 1.33. The lowest BCUT2D eigenvalue weighted by atomic mass is 10.2. The Kier molecular flexibility index (Phi) is 6.27. The maximum Gasteiger partial charge on any atom is 0.162 e. The van der Waals surface area contributed by atoms with E-state index in [-0.39, 0.29) is 12.4 Å². The summed E-state index contributed by atoms with van der Waals surface area (Å²) in [5.74, 6) is 1.16. The summed E-state index contributed by atoms with van der Waals surface area (Å²) in [7, 11) is 1.55. The Bertz CT molecular complexity index is 350. The molecule has 1 aromatic rings. The van der Waals surface area contributed by atoms with Crippen molar-refractivity contribution in [2.45, 2.75) is 0 Å². The van der Waals surface area contributed by atoms with Crippen LogP contribution in [0.4, 0.5) is 0 Å². The summed E-state index contributed by atoms with van der Waals surface area (Å²) in [6.07, 6.45) is 0. The number of hydrogen-bond donors (Lipinski definition) is 1. The molecule has 0 heterocycles. The minimum Gasteiger partial charge on any atom is -0.493 e. The van der Waals surface area contributed by atoms with Gasteiger partial charge in [-0.25, -0.2) is 0 Å². The van der Waals surface area contributed by atoms with E-state index in [2.05, 4.69) is 0 Å². The Balaban J connectivity index is 0.00000196. The smallest absolute Gasteiger partial charge is 0.162 e. The van der Waals surface area contributed by atoms with Crippen LogP contribution in [0.3, 0.4) is 0 Å². The molecule has 0 unspecified atom stereocenters. The fraction of sp³-hybridized carbons (Fsp3) is 0.300. The number of nitrogens with two attached hydrogens (primary N) is 1. The van der Waals surface area contributed by atoms with Crippen LogP contribution in [-0.4, -0.2) is 20.3 Å². The van der Waals surface area contributed by atoms with Crippen LogP contribution in [-0.2, 0) is 0 Å². The summed E-state index contributed by atoms with van der Waals surface area (Å²) in [5, 5.41) is 8.68. The van der Waals surface area contributed by atoms with Gasteiger partial charge < -0.3 is 15.2 Å². The van der Waals surface area contributed by atoms with Crippen LogP contribution in [0.2, 0.25) is 0 Å². The van der Waals surface area contributed by atoms with Gasteiger partial charge in [-0.05, 0) is 12.1 Å². The van der Waals surface area contributed by atoms with E-state index in [9.17, 15) is 0 Å². The second-order valence-corrected chi connectivity index (χ2v) is 2.61. The molecule has 82 valence electrons. The molecule has 0 saturated carbocycles. The van der Waals surface area contributed by atoms with Gasteiger partial charge in [0.15, 0.2) is 11.5 Å². The van der Waals surface area contributed by atoms with Crippen LogP contribution in [0.1, 0.15) is 5.56 Å². The molecule has 0 spiro atoms. The topological polar surface area (TPSA) is 68.3 Å². The monoisotopic (exact) mass is 228 g/mol. The van der Waals surface area contributed by atoms with Gasteiger partial charge in [-0.15, -0.1) is 12.4 Å². The molecular formula is C10H13ClN2O2. The Morgan fingerprint density at radius 1 is 1.40 bits per heavy atom. The van der Waals surface area contributed by atoms with Crippen LogP contribution >= 0.6 is 12.4 Å². The number of nitrogens with zero attached hydrogens (tertiary/aromatic N) is 1. The normalized spacial score (nSPS) is 8.60. The third-order valence-electron chi connectivity index (χ3n) is 1.67. The SMILES string of the molecule is COc1ccc(C#N)cc1OCCN.Cl. The lowest BCUT2D eigenvalue weighted by Gasteiger charge is -2.09. The zero-order chi connectivity index (χ0) is 10.4. The van der Waals surface area contributed by atoms with Gasteiger partial charge in [0.25, 0.3) is 0 Å². The number of hydrogen-bond acceptors (Lipinski definition) is 4. The third-order valence-corrected chi connectivity index (χ3v) is 1.67. The third kappa shape index (κ3) is 3.66. The van der Waals surface area contributed by atoms with Crippen molar-refractivity contribution in [1.82, 2.24) is 0 Å². The highest BCUT2D eigenvalue weighted by atomic mass is 35.5. The minimum absolute atomic E-state index is 0. The Morgan fingerprint density at radius 2 is 2.13 bits per heavy atom. The zero-order valence-electron chi connectivity index (χ0n) is 8.40. The largest absolute Gasteiger partial charge is 0.493 e. The van der Waals surface area contributed by atoms with Gasteiger partial charge in [0.2, 0.25) is 0 Å². The van der Waals surface area contributed by atoms with Gasteiger partial charge in [0.1, 0.15) is 6.61 Å². The Hall–Kier alpha value is -1.44. The molecule has 0 aliphatic carbocycles. The zero-order valence-corrected chi connectivity index (χ0v) is 9.21. The summed E-state index contributed by atoms with van der Waals surface area (Å²) in [4.78, 5) is 0. The number of nitriles is 1. The molecule has 0 aliphatic heterocycles. The van der Waals surface area contributed by atoms with Crippen LogP contribution in [0.25, 0.3) is 0 Å². The van der Waals surface area contributed by atoms with E-state index >= 15 is 0 Å². The average molecular weight is 229 g/mol. The molecule has 2 N–H and O–H groups in total.